The molecule has 1 aromatic heterocycles. The highest BCUT2D eigenvalue weighted by Crippen LogP contribution is 2.29. The molecule has 0 spiro atoms. The maximum Gasteiger partial charge on any atom is 0.277 e. The van der Waals surface area contributed by atoms with Crippen molar-refractivity contribution in [3.05, 3.63) is 28.7 Å². The summed E-state index contributed by atoms with van der Waals surface area (Å²) in [6.45, 7) is 5.20. The minimum Gasteiger partial charge on any atom is -0.411 e. The normalized spacial score (nSPS) is 21.0. The highest BCUT2D eigenvalue weighted by atomic mass is 79.9. The first-order valence-corrected chi connectivity index (χ1v) is 9.45. The molecule has 1 amide bonds. The lowest BCUT2D eigenvalue weighted by Crippen LogP contribution is -2.48. The molecule has 1 aliphatic heterocycles. The quantitative estimate of drug-likeness (QED) is 0.719. The van der Waals surface area contributed by atoms with E-state index in [-0.39, 0.29) is 23.9 Å². The molecule has 0 aliphatic carbocycles. The van der Waals surface area contributed by atoms with E-state index in [1.807, 2.05) is 43.0 Å². The van der Waals surface area contributed by atoms with Crippen molar-refractivity contribution in [2.24, 2.45) is 0 Å². The van der Waals surface area contributed by atoms with Gasteiger partial charge in [0.05, 0.1) is 23.5 Å². The van der Waals surface area contributed by atoms with E-state index >= 15 is 0 Å². The third kappa shape index (κ3) is 4.17. The van der Waals surface area contributed by atoms with Gasteiger partial charge < -0.3 is 14.1 Å². The van der Waals surface area contributed by atoms with Crippen LogP contribution in [0.15, 0.2) is 38.4 Å². The van der Waals surface area contributed by atoms with Crippen LogP contribution in [0, 0.1) is 0 Å². The summed E-state index contributed by atoms with van der Waals surface area (Å²) >= 11 is 4.72. The van der Waals surface area contributed by atoms with Crippen LogP contribution < -0.4 is 0 Å². The molecular weight excluding hydrogens is 394 g/mol. The van der Waals surface area contributed by atoms with Crippen LogP contribution >= 0.6 is 27.7 Å². The molecule has 0 saturated carbocycles. The highest BCUT2D eigenvalue weighted by molar-refractivity contribution is 9.10. The van der Waals surface area contributed by atoms with Gasteiger partial charge in [-0.15, -0.1) is 10.2 Å². The van der Waals surface area contributed by atoms with Crippen molar-refractivity contribution in [3.8, 4) is 11.5 Å². The van der Waals surface area contributed by atoms with Gasteiger partial charge in [0, 0.05) is 17.6 Å². The van der Waals surface area contributed by atoms with E-state index in [2.05, 4.69) is 26.1 Å². The molecule has 24 heavy (non-hydrogen) atoms. The van der Waals surface area contributed by atoms with Crippen LogP contribution in [0.1, 0.15) is 13.8 Å². The Kier molecular flexibility index (Phi) is 5.57. The molecule has 0 radical (unpaired) electrons. The number of hydrogen-bond donors (Lipinski definition) is 0. The lowest BCUT2D eigenvalue weighted by atomic mass is 10.2. The second-order valence-corrected chi connectivity index (χ2v) is 7.48. The first-order valence-electron chi connectivity index (χ1n) is 7.67. The minimum absolute atomic E-state index is 0.0580. The maximum absolute atomic E-state index is 12.3. The lowest BCUT2D eigenvalue weighted by molar-refractivity contribution is -0.140. The van der Waals surface area contributed by atoms with Crippen molar-refractivity contribution in [2.75, 3.05) is 18.8 Å². The van der Waals surface area contributed by atoms with Gasteiger partial charge in [0.2, 0.25) is 11.8 Å². The van der Waals surface area contributed by atoms with E-state index in [4.69, 9.17) is 9.15 Å². The van der Waals surface area contributed by atoms with Gasteiger partial charge in [-0.3, -0.25) is 4.79 Å². The van der Waals surface area contributed by atoms with Crippen molar-refractivity contribution in [1.82, 2.24) is 15.1 Å². The monoisotopic (exact) mass is 411 g/mol. The summed E-state index contributed by atoms with van der Waals surface area (Å²) in [7, 11) is 0. The SMILES string of the molecule is C[C@@H]1CN(C(=O)CSc2nnc(-c3ccccc3Br)o2)C[C@@H](C)O1. The fourth-order valence-corrected chi connectivity index (χ4v) is 3.73. The predicted octanol–water partition coefficient (Wildman–Crippen LogP) is 3.23. The molecule has 0 N–H and O–H groups in total. The number of ether oxygens (including phenoxy) is 1. The largest absolute Gasteiger partial charge is 0.411 e. The van der Waals surface area contributed by atoms with Crippen LogP contribution in [0.5, 0.6) is 0 Å². The molecule has 128 valence electrons. The van der Waals surface area contributed by atoms with Gasteiger partial charge in [-0.05, 0) is 41.9 Å². The molecule has 0 unspecified atom stereocenters. The molecule has 1 fully saturated rings. The number of amides is 1. The van der Waals surface area contributed by atoms with Crippen LogP contribution in [0.25, 0.3) is 11.5 Å². The van der Waals surface area contributed by atoms with E-state index in [1.54, 1.807) is 0 Å². The fraction of sp³-hybridized carbons (Fsp3) is 0.438. The van der Waals surface area contributed by atoms with Crippen molar-refractivity contribution < 1.29 is 13.9 Å². The first kappa shape index (κ1) is 17.4. The zero-order valence-corrected chi connectivity index (χ0v) is 15.8. The summed E-state index contributed by atoms with van der Waals surface area (Å²) in [4.78, 5) is 14.2. The molecule has 1 aromatic carbocycles. The Balaban J connectivity index is 1.59. The Morgan fingerprint density at radius 1 is 1.29 bits per heavy atom. The molecular formula is C16H18BrN3O3S. The van der Waals surface area contributed by atoms with E-state index in [9.17, 15) is 4.79 Å². The topological polar surface area (TPSA) is 68.5 Å². The average Bonchev–Trinajstić information content (AvgIpc) is 3.01. The zero-order valence-electron chi connectivity index (χ0n) is 13.4. The Bertz CT molecular complexity index is 714. The van der Waals surface area contributed by atoms with E-state index in [1.165, 1.54) is 11.8 Å². The van der Waals surface area contributed by atoms with Gasteiger partial charge in [0.15, 0.2) is 0 Å². The van der Waals surface area contributed by atoms with Crippen LogP contribution in [-0.2, 0) is 9.53 Å². The molecule has 3 rings (SSSR count). The number of halogens is 1. The number of thioether (sulfide) groups is 1. The molecule has 0 bridgehead atoms. The number of morpholine rings is 1. The minimum atomic E-state index is 0.0580. The number of nitrogens with zero attached hydrogens (tertiary/aromatic N) is 3. The number of aromatic nitrogens is 2. The molecule has 2 atom stereocenters. The van der Waals surface area contributed by atoms with Gasteiger partial charge in [-0.25, -0.2) is 0 Å². The summed E-state index contributed by atoms with van der Waals surface area (Å²) in [5.41, 5.74) is 0.832. The summed E-state index contributed by atoms with van der Waals surface area (Å²) in [5, 5.41) is 8.45. The summed E-state index contributed by atoms with van der Waals surface area (Å²) in [6.07, 6.45) is 0.126. The molecule has 2 heterocycles. The van der Waals surface area contributed by atoms with Gasteiger partial charge in [-0.1, -0.05) is 23.9 Å². The highest BCUT2D eigenvalue weighted by Gasteiger charge is 2.26. The van der Waals surface area contributed by atoms with Gasteiger partial charge in [0.1, 0.15) is 0 Å². The lowest BCUT2D eigenvalue weighted by Gasteiger charge is -2.35. The predicted molar refractivity (Wildman–Crippen MR) is 94.7 cm³/mol. The summed E-state index contributed by atoms with van der Waals surface area (Å²) in [6, 6.07) is 7.63. The third-order valence-corrected chi connectivity index (χ3v) is 5.10. The number of carbonyl (C=O) groups is 1. The summed E-state index contributed by atoms with van der Waals surface area (Å²) in [5.74, 6) is 0.769. The molecule has 1 aliphatic rings. The number of carbonyl (C=O) groups excluding carboxylic acids is 1. The smallest absolute Gasteiger partial charge is 0.277 e. The Hall–Kier alpha value is -1.38. The maximum atomic E-state index is 12.3. The molecule has 8 heteroatoms. The number of rotatable bonds is 4. The Morgan fingerprint density at radius 3 is 2.71 bits per heavy atom. The van der Waals surface area contributed by atoms with Crippen LogP contribution in [-0.4, -0.2) is 52.1 Å². The van der Waals surface area contributed by atoms with Crippen LogP contribution in [0.3, 0.4) is 0 Å². The first-order chi connectivity index (χ1) is 11.5. The van der Waals surface area contributed by atoms with E-state index in [0.717, 1.165) is 10.0 Å². The Morgan fingerprint density at radius 2 is 2.00 bits per heavy atom. The van der Waals surface area contributed by atoms with Gasteiger partial charge >= 0.3 is 0 Å². The zero-order chi connectivity index (χ0) is 17.1. The summed E-state index contributed by atoms with van der Waals surface area (Å²) < 4.78 is 12.2. The standard InChI is InChI=1S/C16H18BrN3O3S/c1-10-7-20(8-11(2)22-10)14(21)9-24-16-19-18-15(23-16)12-5-3-4-6-13(12)17/h3-6,10-11H,7-9H2,1-2H3/t10-,11-/m1/s1. The molecule has 6 nitrogen and oxygen atoms in total. The van der Waals surface area contributed by atoms with E-state index in [0.29, 0.717) is 24.2 Å². The van der Waals surface area contributed by atoms with Crippen LogP contribution in [0.4, 0.5) is 0 Å². The fourth-order valence-electron chi connectivity index (χ4n) is 2.61. The molecule has 2 aromatic rings. The van der Waals surface area contributed by atoms with Crippen LogP contribution in [0.2, 0.25) is 0 Å². The number of hydrogen-bond acceptors (Lipinski definition) is 6. The molecule has 1 saturated heterocycles. The second kappa shape index (κ2) is 7.67. The third-order valence-electron chi connectivity index (χ3n) is 3.60. The Labute approximate surface area is 153 Å². The number of benzene rings is 1. The average molecular weight is 412 g/mol. The van der Waals surface area contributed by atoms with Gasteiger partial charge in [0.25, 0.3) is 5.22 Å². The van der Waals surface area contributed by atoms with Crippen molar-refractivity contribution in [3.63, 3.8) is 0 Å². The van der Waals surface area contributed by atoms with Crippen molar-refractivity contribution in [1.29, 1.82) is 0 Å². The van der Waals surface area contributed by atoms with Gasteiger partial charge in [-0.2, -0.15) is 0 Å². The van der Waals surface area contributed by atoms with Crippen molar-refractivity contribution >= 4 is 33.6 Å². The second-order valence-electron chi connectivity index (χ2n) is 5.70. The van der Waals surface area contributed by atoms with Crippen molar-refractivity contribution in [2.45, 2.75) is 31.3 Å². The van der Waals surface area contributed by atoms with E-state index < -0.39 is 0 Å².